The Bertz CT molecular complexity index is 585. The lowest BCUT2D eigenvalue weighted by molar-refractivity contribution is -0.129. The van der Waals surface area contributed by atoms with Crippen LogP contribution in [-0.2, 0) is 9.59 Å². The molecule has 4 nitrogen and oxygen atoms in total. The third kappa shape index (κ3) is 4.87. The van der Waals surface area contributed by atoms with Gasteiger partial charge in [-0.2, -0.15) is 0 Å². The molecule has 0 bridgehead atoms. The third-order valence-electron chi connectivity index (χ3n) is 6.12. The summed E-state index contributed by atoms with van der Waals surface area (Å²) in [7, 11) is 1.85. The summed E-state index contributed by atoms with van der Waals surface area (Å²) in [5, 5.41) is 3.29. The van der Waals surface area contributed by atoms with Crippen molar-refractivity contribution >= 4 is 17.5 Å². The van der Waals surface area contributed by atoms with Crippen molar-refractivity contribution in [2.75, 3.05) is 11.9 Å². The Kier molecular flexibility index (Phi) is 6.70. The molecule has 0 aliphatic heterocycles. The van der Waals surface area contributed by atoms with Crippen LogP contribution in [0, 0.1) is 11.8 Å². The highest BCUT2D eigenvalue weighted by atomic mass is 16.2. The summed E-state index contributed by atoms with van der Waals surface area (Å²) in [5.41, 5.74) is 0.936. The molecule has 1 N–H and O–H groups in total. The average Bonchev–Trinajstić information content (AvgIpc) is 2.96. The molecule has 0 atom stereocenters. The Morgan fingerprint density at radius 3 is 2.04 bits per heavy atom. The maximum Gasteiger partial charge on any atom is 0.229 e. The van der Waals surface area contributed by atoms with Gasteiger partial charge in [0.1, 0.15) is 0 Å². The zero-order valence-electron chi connectivity index (χ0n) is 16.0. The zero-order chi connectivity index (χ0) is 18.4. The smallest absolute Gasteiger partial charge is 0.229 e. The third-order valence-corrected chi connectivity index (χ3v) is 6.12. The van der Waals surface area contributed by atoms with Crippen molar-refractivity contribution in [1.29, 1.82) is 0 Å². The quantitative estimate of drug-likeness (QED) is 0.818. The maximum atomic E-state index is 12.8. The lowest BCUT2D eigenvalue weighted by Crippen LogP contribution is -2.41. The number of nitrogens with one attached hydrogen (secondary N) is 1. The van der Waals surface area contributed by atoms with Crippen LogP contribution in [0.15, 0.2) is 30.3 Å². The molecule has 0 heterocycles. The summed E-state index contributed by atoms with van der Waals surface area (Å²) in [6.07, 6.45) is 10.6. The van der Waals surface area contributed by atoms with Crippen LogP contribution in [0.2, 0.25) is 0 Å². The molecule has 0 spiro atoms. The van der Waals surface area contributed by atoms with Gasteiger partial charge in [-0.15, -0.1) is 0 Å². The van der Waals surface area contributed by atoms with Gasteiger partial charge in [0.15, 0.2) is 0 Å². The minimum absolute atomic E-state index is 0.0436. The van der Waals surface area contributed by atoms with E-state index in [0.29, 0.717) is 6.04 Å². The van der Waals surface area contributed by atoms with E-state index in [1.165, 1.54) is 25.7 Å². The molecule has 2 amide bonds. The van der Waals surface area contributed by atoms with Crippen LogP contribution < -0.4 is 10.2 Å². The number of rotatable bonds is 4. The van der Waals surface area contributed by atoms with Crippen LogP contribution in [-0.4, -0.2) is 24.9 Å². The highest BCUT2D eigenvalue weighted by molar-refractivity contribution is 5.94. The van der Waals surface area contributed by atoms with Gasteiger partial charge in [0.2, 0.25) is 11.8 Å². The van der Waals surface area contributed by atoms with Crippen molar-refractivity contribution in [3.8, 4) is 0 Å². The van der Waals surface area contributed by atoms with Crippen molar-refractivity contribution in [1.82, 2.24) is 5.32 Å². The van der Waals surface area contributed by atoms with E-state index in [2.05, 4.69) is 5.32 Å². The van der Waals surface area contributed by atoms with Gasteiger partial charge in [0, 0.05) is 30.6 Å². The van der Waals surface area contributed by atoms with E-state index in [0.717, 1.165) is 44.2 Å². The number of hydrogen-bond acceptors (Lipinski definition) is 2. The van der Waals surface area contributed by atoms with Gasteiger partial charge in [0.25, 0.3) is 0 Å². The fourth-order valence-electron chi connectivity index (χ4n) is 4.40. The Morgan fingerprint density at radius 2 is 1.42 bits per heavy atom. The first-order valence-corrected chi connectivity index (χ1v) is 10.3. The van der Waals surface area contributed by atoms with Crippen molar-refractivity contribution in [3.05, 3.63) is 30.3 Å². The van der Waals surface area contributed by atoms with E-state index in [1.807, 2.05) is 37.4 Å². The molecule has 0 radical (unpaired) electrons. The number of carbonyl (C=O) groups is 2. The lowest BCUT2D eigenvalue weighted by Gasteiger charge is -2.31. The van der Waals surface area contributed by atoms with Crippen LogP contribution in [0.3, 0.4) is 0 Å². The van der Waals surface area contributed by atoms with Crippen LogP contribution in [0.5, 0.6) is 0 Å². The Hall–Kier alpha value is -1.84. The molecule has 142 valence electrons. The van der Waals surface area contributed by atoms with Gasteiger partial charge in [-0.3, -0.25) is 9.59 Å². The Balaban J connectivity index is 1.47. The van der Waals surface area contributed by atoms with Crippen LogP contribution >= 0.6 is 0 Å². The molecule has 1 aromatic carbocycles. The van der Waals surface area contributed by atoms with Gasteiger partial charge in [0.05, 0.1) is 0 Å². The largest absolute Gasteiger partial charge is 0.353 e. The van der Waals surface area contributed by atoms with Gasteiger partial charge >= 0.3 is 0 Å². The molecule has 0 aromatic heterocycles. The van der Waals surface area contributed by atoms with Crippen molar-refractivity contribution in [3.63, 3.8) is 0 Å². The number of para-hydroxylation sites is 1. The molecule has 0 saturated heterocycles. The zero-order valence-corrected chi connectivity index (χ0v) is 16.0. The van der Waals surface area contributed by atoms with E-state index >= 15 is 0 Å². The van der Waals surface area contributed by atoms with E-state index in [-0.39, 0.29) is 23.7 Å². The number of hydrogen-bond donors (Lipinski definition) is 1. The Morgan fingerprint density at radius 1 is 0.846 bits per heavy atom. The molecule has 2 fully saturated rings. The Labute approximate surface area is 157 Å². The molecule has 1 aromatic rings. The second-order valence-electron chi connectivity index (χ2n) is 7.98. The molecule has 2 aliphatic rings. The second-order valence-corrected chi connectivity index (χ2v) is 7.98. The van der Waals surface area contributed by atoms with Gasteiger partial charge in [-0.05, 0) is 50.7 Å². The molecule has 0 unspecified atom stereocenters. The van der Waals surface area contributed by atoms with Crippen LogP contribution in [0.4, 0.5) is 5.69 Å². The first-order chi connectivity index (χ1) is 12.6. The van der Waals surface area contributed by atoms with Crippen molar-refractivity contribution in [2.45, 2.75) is 70.3 Å². The standard InChI is InChI=1S/C22H32N2O2/c1-24(20-11-7-4-8-12-20)22(26)18-15-13-17(14-16-18)21(25)23-19-9-5-2-3-6-10-19/h4,7-8,11-12,17-19H,2-3,5-6,9-10,13-16H2,1H3,(H,23,25). The monoisotopic (exact) mass is 356 g/mol. The topological polar surface area (TPSA) is 49.4 Å². The molecule has 2 aliphatic carbocycles. The predicted molar refractivity (Wildman–Crippen MR) is 105 cm³/mol. The molecule has 3 rings (SSSR count). The van der Waals surface area contributed by atoms with Gasteiger partial charge in [-0.25, -0.2) is 0 Å². The molecule has 4 heteroatoms. The minimum Gasteiger partial charge on any atom is -0.353 e. The summed E-state index contributed by atoms with van der Waals surface area (Å²) < 4.78 is 0. The summed E-state index contributed by atoms with van der Waals surface area (Å²) in [6.45, 7) is 0. The second kappa shape index (κ2) is 9.20. The minimum atomic E-state index is 0.0436. The van der Waals surface area contributed by atoms with E-state index < -0.39 is 0 Å². The lowest BCUT2D eigenvalue weighted by atomic mass is 9.80. The summed E-state index contributed by atoms with van der Waals surface area (Å²) in [5.74, 6) is 0.532. The molecular weight excluding hydrogens is 324 g/mol. The summed E-state index contributed by atoms with van der Waals surface area (Å²) in [4.78, 5) is 27.1. The molecular formula is C22H32N2O2. The van der Waals surface area contributed by atoms with E-state index in [9.17, 15) is 9.59 Å². The number of benzene rings is 1. The summed E-state index contributed by atoms with van der Waals surface area (Å²) in [6, 6.07) is 10.2. The van der Waals surface area contributed by atoms with Crippen molar-refractivity contribution < 1.29 is 9.59 Å². The van der Waals surface area contributed by atoms with Gasteiger partial charge < -0.3 is 10.2 Å². The number of anilines is 1. The first-order valence-electron chi connectivity index (χ1n) is 10.3. The number of nitrogens with zero attached hydrogens (tertiary/aromatic N) is 1. The maximum absolute atomic E-state index is 12.8. The summed E-state index contributed by atoms with van der Waals surface area (Å²) >= 11 is 0. The normalized spacial score (nSPS) is 24.5. The fourth-order valence-corrected chi connectivity index (χ4v) is 4.40. The van der Waals surface area contributed by atoms with E-state index in [4.69, 9.17) is 0 Å². The molecule has 26 heavy (non-hydrogen) atoms. The van der Waals surface area contributed by atoms with E-state index in [1.54, 1.807) is 4.90 Å². The predicted octanol–water partition coefficient (Wildman–Crippen LogP) is 4.29. The fraction of sp³-hybridized carbons (Fsp3) is 0.636. The average molecular weight is 357 g/mol. The number of amides is 2. The number of carbonyl (C=O) groups excluding carboxylic acids is 2. The van der Waals surface area contributed by atoms with Crippen molar-refractivity contribution in [2.24, 2.45) is 11.8 Å². The van der Waals surface area contributed by atoms with Crippen LogP contribution in [0.1, 0.15) is 64.2 Å². The first kappa shape index (κ1) is 18.9. The van der Waals surface area contributed by atoms with Crippen LogP contribution in [0.25, 0.3) is 0 Å². The highest BCUT2D eigenvalue weighted by Crippen LogP contribution is 2.31. The SMILES string of the molecule is CN(C(=O)C1CCC(C(=O)NC2CCCCCC2)CC1)c1ccccc1. The molecule has 2 saturated carbocycles. The highest BCUT2D eigenvalue weighted by Gasteiger charge is 2.32. The van der Waals surface area contributed by atoms with Gasteiger partial charge in [-0.1, -0.05) is 43.9 Å².